The summed E-state index contributed by atoms with van der Waals surface area (Å²) in [5, 5.41) is 9.05. The van der Waals surface area contributed by atoms with Crippen molar-refractivity contribution in [2.75, 3.05) is 0 Å². The number of hydrogen-bond acceptors (Lipinski definition) is 1. The quantitative estimate of drug-likeness (QED) is 0.471. The predicted octanol–water partition coefficient (Wildman–Crippen LogP) is 4.16. The molecule has 1 unspecified atom stereocenters. The van der Waals surface area contributed by atoms with Crippen LogP contribution in [0.4, 0.5) is 0 Å². The molecule has 0 aromatic rings. The second-order valence-electron chi connectivity index (χ2n) is 4.74. The first-order valence-electron chi connectivity index (χ1n) is 6.67. The maximum absolute atomic E-state index is 11.0. The van der Waals surface area contributed by atoms with Crippen molar-refractivity contribution >= 4 is 5.97 Å². The maximum atomic E-state index is 11.0. The third-order valence-electron chi connectivity index (χ3n) is 3.37. The summed E-state index contributed by atoms with van der Waals surface area (Å²) in [6.07, 6.45) is 9.25. The fourth-order valence-corrected chi connectivity index (χ4v) is 2.34. The van der Waals surface area contributed by atoms with Crippen LogP contribution >= 0.6 is 0 Å². The van der Waals surface area contributed by atoms with E-state index in [2.05, 4.69) is 13.8 Å². The molecule has 0 bridgehead atoms. The average Bonchev–Trinajstić information content (AvgIpc) is 2.95. The van der Waals surface area contributed by atoms with Crippen LogP contribution in [0.25, 0.3) is 0 Å². The lowest BCUT2D eigenvalue weighted by atomic mass is 10.1. The fourth-order valence-electron chi connectivity index (χ4n) is 2.34. The van der Waals surface area contributed by atoms with Gasteiger partial charge in [0, 0.05) is 0 Å². The van der Waals surface area contributed by atoms with Gasteiger partial charge in [-0.25, -0.2) is 0 Å². The maximum Gasteiger partial charge on any atom is 0.314 e. The minimum Gasteiger partial charge on any atom is -0.481 e. The molecule has 0 aromatic carbocycles. The molecule has 16 heavy (non-hydrogen) atoms. The molecule has 0 saturated carbocycles. The van der Waals surface area contributed by atoms with E-state index in [1.165, 1.54) is 36.8 Å². The topological polar surface area (TPSA) is 37.3 Å². The van der Waals surface area contributed by atoms with Gasteiger partial charge in [-0.15, -0.1) is 0 Å². The first-order chi connectivity index (χ1) is 7.72. The summed E-state index contributed by atoms with van der Waals surface area (Å²) in [6, 6.07) is 0. The van der Waals surface area contributed by atoms with Crippen LogP contribution in [0.1, 0.15) is 65.2 Å². The van der Waals surface area contributed by atoms with Crippen molar-refractivity contribution in [1.29, 1.82) is 0 Å². The normalized spacial score (nSPS) is 19.0. The van der Waals surface area contributed by atoms with Crippen molar-refractivity contribution < 1.29 is 9.90 Å². The van der Waals surface area contributed by atoms with Gasteiger partial charge in [-0.05, 0) is 25.7 Å². The van der Waals surface area contributed by atoms with Gasteiger partial charge in [-0.1, -0.05) is 50.7 Å². The number of rotatable bonds is 9. The fraction of sp³-hybridized carbons (Fsp3) is 0.786. The molecule has 0 radical (unpaired) electrons. The minimum atomic E-state index is -0.628. The van der Waals surface area contributed by atoms with E-state index in [1.807, 2.05) is 0 Å². The number of hydrogen-bond donors (Lipinski definition) is 1. The molecule has 0 heterocycles. The van der Waals surface area contributed by atoms with Crippen molar-refractivity contribution in [1.82, 2.24) is 0 Å². The van der Waals surface area contributed by atoms with Gasteiger partial charge in [-0.3, -0.25) is 4.79 Å². The number of unbranched alkanes of at least 4 members (excludes halogenated alkanes) is 4. The lowest BCUT2D eigenvalue weighted by Gasteiger charge is -1.96. The average molecular weight is 224 g/mol. The smallest absolute Gasteiger partial charge is 0.314 e. The largest absolute Gasteiger partial charge is 0.481 e. The molecular formula is C14H24O2. The zero-order valence-corrected chi connectivity index (χ0v) is 10.6. The molecule has 0 aliphatic heterocycles. The van der Waals surface area contributed by atoms with Crippen molar-refractivity contribution in [3.63, 3.8) is 0 Å². The van der Waals surface area contributed by atoms with Crippen LogP contribution in [0.15, 0.2) is 11.1 Å². The van der Waals surface area contributed by atoms with Gasteiger partial charge in [0.25, 0.3) is 0 Å². The summed E-state index contributed by atoms with van der Waals surface area (Å²) < 4.78 is 0. The van der Waals surface area contributed by atoms with Gasteiger partial charge >= 0.3 is 5.97 Å². The highest BCUT2D eigenvalue weighted by atomic mass is 16.4. The Labute approximate surface area is 98.7 Å². The Morgan fingerprint density at radius 2 is 1.56 bits per heavy atom. The van der Waals surface area contributed by atoms with E-state index in [9.17, 15) is 4.79 Å². The second-order valence-corrected chi connectivity index (χ2v) is 4.74. The van der Waals surface area contributed by atoms with Crippen LogP contribution in [-0.4, -0.2) is 11.1 Å². The predicted molar refractivity (Wildman–Crippen MR) is 66.4 cm³/mol. The van der Waals surface area contributed by atoms with E-state index in [0.717, 1.165) is 25.7 Å². The van der Waals surface area contributed by atoms with E-state index in [0.29, 0.717) is 0 Å². The molecule has 1 atom stereocenters. The highest BCUT2D eigenvalue weighted by Gasteiger charge is 2.40. The van der Waals surface area contributed by atoms with E-state index in [1.54, 1.807) is 0 Å². The van der Waals surface area contributed by atoms with Crippen LogP contribution in [0.2, 0.25) is 0 Å². The van der Waals surface area contributed by atoms with E-state index >= 15 is 0 Å². The molecule has 2 nitrogen and oxygen atoms in total. The van der Waals surface area contributed by atoms with Crippen LogP contribution < -0.4 is 0 Å². The Hall–Kier alpha value is -0.790. The summed E-state index contributed by atoms with van der Waals surface area (Å²) >= 11 is 0. The lowest BCUT2D eigenvalue weighted by Crippen LogP contribution is -2.02. The number of carbonyl (C=O) groups is 1. The summed E-state index contributed by atoms with van der Waals surface area (Å²) in [5.41, 5.74) is 2.49. The third kappa shape index (κ3) is 3.66. The minimum absolute atomic E-state index is 0.173. The Morgan fingerprint density at radius 1 is 1.00 bits per heavy atom. The lowest BCUT2D eigenvalue weighted by molar-refractivity contribution is -0.138. The highest BCUT2D eigenvalue weighted by Crippen LogP contribution is 2.45. The molecular weight excluding hydrogens is 200 g/mol. The molecule has 0 saturated heterocycles. The highest BCUT2D eigenvalue weighted by molar-refractivity contribution is 5.84. The molecule has 0 spiro atoms. The van der Waals surface area contributed by atoms with Crippen LogP contribution in [0, 0.1) is 5.92 Å². The SMILES string of the molecule is CCCCCCC1=C(CCCC)C1C(=O)O. The zero-order valence-electron chi connectivity index (χ0n) is 10.6. The van der Waals surface area contributed by atoms with E-state index in [-0.39, 0.29) is 5.92 Å². The standard InChI is InChI=1S/C14H24O2/c1-3-5-7-8-10-12-11(9-6-4-2)13(12)14(15)16/h13H,3-10H2,1-2H3,(H,15,16). The molecule has 1 N–H and O–H groups in total. The Kier molecular flexibility index (Phi) is 5.58. The summed E-state index contributed by atoms with van der Waals surface area (Å²) in [5.74, 6) is -0.801. The molecule has 2 heteroatoms. The van der Waals surface area contributed by atoms with Gasteiger partial charge in [-0.2, -0.15) is 0 Å². The Balaban J connectivity index is 2.30. The van der Waals surface area contributed by atoms with Gasteiger partial charge < -0.3 is 5.11 Å². The van der Waals surface area contributed by atoms with Crippen molar-refractivity contribution in [3.8, 4) is 0 Å². The van der Waals surface area contributed by atoms with Crippen molar-refractivity contribution in [3.05, 3.63) is 11.1 Å². The number of aliphatic carboxylic acids is 1. The molecule has 0 aromatic heterocycles. The number of carboxylic acid groups (broad SMARTS) is 1. The zero-order chi connectivity index (χ0) is 12.0. The first-order valence-corrected chi connectivity index (χ1v) is 6.67. The third-order valence-corrected chi connectivity index (χ3v) is 3.37. The van der Waals surface area contributed by atoms with Gasteiger partial charge in [0.1, 0.15) is 0 Å². The van der Waals surface area contributed by atoms with E-state index < -0.39 is 5.97 Å². The summed E-state index contributed by atoms with van der Waals surface area (Å²) in [6.45, 7) is 4.35. The Morgan fingerprint density at radius 3 is 2.06 bits per heavy atom. The number of carboxylic acids is 1. The Bertz CT molecular complexity index is 266. The second kappa shape index (κ2) is 6.72. The molecule has 1 aliphatic carbocycles. The molecule has 1 rings (SSSR count). The monoisotopic (exact) mass is 224 g/mol. The van der Waals surface area contributed by atoms with Gasteiger partial charge in [0.05, 0.1) is 5.92 Å². The van der Waals surface area contributed by atoms with Gasteiger partial charge in [0.15, 0.2) is 0 Å². The summed E-state index contributed by atoms with van der Waals surface area (Å²) in [7, 11) is 0. The molecule has 1 aliphatic rings. The first kappa shape index (κ1) is 13.3. The van der Waals surface area contributed by atoms with Crippen molar-refractivity contribution in [2.24, 2.45) is 5.92 Å². The molecule has 0 amide bonds. The van der Waals surface area contributed by atoms with Crippen molar-refractivity contribution in [2.45, 2.75) is 65.2 Å². The summed E-state index contributed by atoms with van der Waals surface area (Å²) in [4.78, 5) is 11.0. The van der Waals surface area contributed by atoms with Gasteiger partial charge in [0.2, 0.25) is 0 Å². The van der Waals surface area contributed by atoms with Crippen LogP contribution in [0.3, 0.4) is 0 Å². The van der Waals surface area contributed by atoms with Crippen LogP contribution in [-0.2, 0) is 4.79 Å². The van der Waals surface area contributed by atoms with E-state index in [4.69, 9.17) is 5.11 Å². The van der Waals surface area contributed by atoms with Crippen LogP contribution in [0.5, 0.6) is 0 Å². The molecule has 0 fully saturated rings. The molecule has 92 valence electrons.